The molecule has 1 amide bonds. The fourth-order valence-corrected chi connectivity index (χ4v) is 3.25. The molecule has 3 aromatic heterocycles. The van der Waals surface area contributed by atoms with Gasteiger partial charge in [0.2, 0.25) is 0 Å². The molecule has 1 N–H and O–H groups in total. The van der Waals surface area contributed by atoms with Crippen molar-refractivity contribution in [1.29, 1.82) is 0 Å². The van der Waals surface area contributed by atoms with Gasteiger partial charge in [-0.3, -0.25) is 4.79 Å². The molecule has 7 nitrogen and oxygen atoms in total. The van der Waals surface area contributed by atoms with Gasteiger partial charge in [-0.1, -0.05) is 35.5 Å². The van der Waals surface area contributed by atoms with Crippen LogP contribution in [0.25, 0.3) is 22.2 Å². The summed E-state index contributed by atoms with van der Waals surface area (Å²) >= 11 is 1.48. The van der Waals surface area contributed by atoms with Gasteiger partial charge in [-0.25, -0.2) is 15.0 Å². The first-order valence-corrected chi connectivity index (χ1v) is 9.20. The molecule has 1 aromatic carbocycles. The number of carbonyl (C=O) groups excluding carboxylic acids is 1. The number of thiazole rings is 1. The fraction of sp³-hybridized carbons (Fsp3) is 0.105. The number of hydrogen-bond donors (Lipinski definition) is 1. The van der Waals surface area contributed by atoms with Gasteiger partial charge in [0.25, 0.3) is 5.91 Å². The molecular weight excluding hydrogens is 362 g/mol. The van der Waals surface area contributed by atoms with Gasteiger partial charge < -0.3 is 9.84 Å². The van der Waals surface area contributed by atoms with Crippen molar-refractivity contribution in [2.75, 3.05) is 6.54 Å². The third-order valence-corrected chi connectivity index (χ3v) is 4.66. The van der Waals surface area contributed by atoms with E-state index in [4.69, 9.17) is 4.52 Å². The summed E-state index contributed by atoms with van der Waals surface area (Å²) in [5.74, 6) is 0.893. The summed E-state index contributed by atoms with van der Waals surface area (Å²) in [4.78, 5) is 25.1. The molecule has 0 bridgehead atoms. The topological polar surface area (TPSA) is 93.8 Å². The van der Waals surface area contributed by atoms with Crippen LogP contribution in [-0.2, 0) is 6.42 Å². The van der Waals surface area contributed by atoms with E-state index in [-0.39, 0.29) is 11.6 Å². The van der Waals surface area contributed by atoms with Gasteiger partial charge >= 0.3 is 0 Å². The molecule has 0 saturated heterocycles. The summed E-state index contributed by atoms with van der Waals surface area (Å²) in [5, 5.41) is 9.39. The number of aromatic nitrogens is 4. The van der Waals surface area contributed by atoms with Gasteiger partial charge in [0.1, 0.15) is 0 Å². The molecule has 0 fully saturated rings. The van der Waals surface area contributed by atoms with Crippen molar-refractivity contribution in [3.8, 4) is 22.2 Å². The van der Waals surface area contributed by atoms with Crippen LogP contribution in [0.4, 0.5) is 0 Å². The predicted octanol–water partition coefficient (Wildman–Crippen LogP) is 3.23. The van der Waals surface area contributed by atoms with E-state index >= 15 is 0 Å². The van der Waals surface area contributed by atoms with Crippen LogP contribution in [0, 0.1) is 0 Å². The molecule has 8 heteroatoms. The molecule has 0 radical (unpaired) electrons. The van der Waals surface area contributed by atoms with E-state index < -0.39 is 0 Å². The maximum absolute atomic E-state index is 12.2. The molecule has 0 unspecified atom stereocenters. The quantitative estimate of drug-likeness (QED) is 0.554. The molecule has 0 aliphatic heterocycles. The van der Waals surface area contributed by atoms with Crippen LogP contribution >= 0.6 is 11.3 Å². The summed E-state index contributed by atoms with van der Waals surface area (Å²) in [6.45, 7) is 0.450. The molecule has 0 spiro atoms. The van der Waals surface area contributed by atoms with E-state index in [1.54, 1.807) is 24.5 Å². The lowest BCUT2D eigenvalue weighted by atomic mass is 10.1. The molecular formula is C19H15N5O2S. The van der Waals surface area contributed by atoms with E-state index in [9.17, 15) is 4.79 Å². The highest BCUT2D eigenvalue weighted by Gasteiger charge is 2.13. The highest BCUT2D eigenvalue weighted by molar-refractivity contribution is 7.13. The lowest BCUT2D eigenvalue weighted by molar-refractivity contribution is 0.0945. The lowest BCUT2D eigenvalue weighted by Crippen LogP contribution is -2.26. The molecule has 0 atom stereocenters. The summed E-state index contributed by atoms with van der Waals surface area (Å²) in [6.07, 6.45) is 3.98. The summed E-state index contributed by atoms with van der Waals surface area (Å²) < 4.78 is 5.25. The second-order valence-electron chi connectivity index (χ2n) is 5.66. The van der Waals surface area contributed by atoms with Crippen molar-refractivity contribution in [3.63, 3.8) is 0 Å². The van der Waals surface area contributed by atoms with Crippen LogP contribution < -0.4 is 5.32 Å². The van der Waals surface area contributed by atoms with Gasteiger partial charge in [-0.15, -0.1) is 11.3 Å². The van der Waals surface area contributed by atoms with E-state index in [2.05, 4.69) is 25.4 Å². The Morgan fingerprint density at radius 1 is 1.11 bits per heavy atom. The highest BCUT2D eigenvalue weighted by Crippen LogP contribution is 2.20. The Hall–Kier alpha value is -3.39. The standard InChI is InChI=1S/C19H15N5O2S/c25-18(15-11-16(26-24-15)13-5-2-1-3-6-13)22-10-7-14-12-27-19(23-14)17-20-8-4-9-21-17/h1-6,8-9,11-12H,7,10H2,(H,22,25). The highest BCUT2D eigenvalue weighted by atomic mass is 32.1. The van der Waals surface area contributed by atoms with Crippen LogP contribution in [0.5, 0.6) is 0 Å². The van der Waals surface area contributed by atoms with E-state index in [0.717, 1.165) is 16.3 Å². The number of amides is 1. The van der Waals surface area contributed by atoms with E-state index in [0.29, 0.717) is 24.6 Å². The smallest absolute Gasteiger partial charge is 0.273 e. The van der Waals surface area contributed by atoms with Crippen molar-refractivity contribution in [2.45, 2.75) is 6.42 Å². The first-order chi connectivity index (χ1) is 13.3. The zero-order valence-electron chi connectivity index (χ0n) is 14.2. The molecule has 0 aliphatic rings. The molecule has 4 rings (SSSR count). The molecule has 134 valence electrons. The van der Waals surface area contributed by atoms with Crippen LogP contribution in [0.3, 0.4) is 0 Å². The number of nitrogens with zero attached hydrogens (tertiary/aromatic N) is 4. The Kier molecular flexibility index (Phi) is 4.97. The number of benzene rings is 1. The van der Waals surface area contributed by atoms with Crippen molar-refractivity contribution in [3.05, 3.63) is 71.6 Å². The number of rotatable bonds is 6. The molecule has 3 heterocycles. The Morgan fingerprint density at radius 2 is 1.93 bits per heavy atom. The maximum Gasteiger partial charge on any atom is 0.273 e. The fourth-order valence-electron chi connectivity index (χ4n) is 2.45. The van der Waals surface area contributed by atoms with Crippen LogP contribution in [-0.4, -0.2) is 32.6 Å². The minimum absolute atomic E-state index is 0.255. The maximum atomic E-state index is 12.2. The monoisotopic (exact) mass is 377 g/mol. The normalized spacial score (nSPS) is 10.7. The van der Waals surface area contributed by atoms with Crippen molar-refractivity contribution >= 4 is 17.2 Å². The molecule has 0 aliphatic carbocycles. The van der Waals surface area contributed by atoms with E-state index in [1.807, 2.05) is 35.7 Å². The van der Waals surface area contributed by atoms with Gasteiger partial charge in [-0.2, -0.15) is 0 Å². The first kappa shape index (κ1) is 17.0. The van der Waals surface area contributed by atoms with Crippen LogP contribution in [0.2, 0.25) is 0 Å². The molecule has 27 heavy (non-hydrogen) atoms. The number of hydrogen-bond acceptors (Lipinski definition) is 7. The van der Waals surface area contributed by atoms with Gasteiger partial charge in [0.15, 0.2) is 22.3 Å². The Morgan fingerprint density at radius 3 is 2.74 bits per heavy atom. The third-order valence-electron chi connectivity index (χ3n) is 3.78. The minimum Gasteiger partial charge on any atom is -0.355 e. The second kappa shape index (κ2) is 7.88. The minimum atomic E-state index is -0.275. The second-order valence-corrected chi connectivity index (χ2v) is 6.52. The summed E-state index contributed by atoms with van der Waals surface area (Å²) in [6, 6.07) is 12.9. The Labute approximate surface area is 159 Å². The van der Waals surface area contributed by atoms with Crippen molar-refractivity contribution in [2.24, 2.45) is 0 Å². The predicted molar refractivity (Wildman–Crippen MR) is 101 cm³/mol. The molecule has 0 saturated carbocycles. The average molecular weight is 377 g/mol. The van der Waals surface area contributed by atoms with Gasteiger partial charge in [0, 0.05) is 42.4 Å². The lowest BCUT2D eigenvalue weighted by Gasteiger charge is -2.00. The number of carbonyl (C=O) groups is 1. The first-order valence-electron chi connectivity index (χ1n) is 8.32. The Balaban J connectivity index is 1.33. The summed E-state index contributed by atoms with van der Waals surface area (Å²) in [7, 11) is 0. The van der Waals surface area contributed by atoms with Gasteiger partial charge in [0.05, 0.1) is 5.69 Å². The molecule has 4 aromatic rings. The van der Waals surface area contributed by atoms with Crippen molar-refractivity contribution < 1.29 is 9.32 Å². The van der Waals surface area contributed by atoms with Crippen LogP contribution in [0.1, 0.15) is 16.2 Å². The van der Waals surface area contributed by atoms with Crippen LogP contribution in [0.15, 0.2) is 64.8 Å². The van der Waals surface area contributed by atoms with Crippen molar-refractivity contribution in [1.82, 2.24) is 25.4 Å². The summed E-state index contributed by atoms with van der Waals surface area (Å²) in [5.41, 5.74) is 2.01. The zero-order valence-corrected chi connectivity index (χ0v) is 15.0. The van der Waals surface area contributed by atoms with Gasteiger partial charge in [-0.05, 0) is 6.07 Å². The third kappa shape index (κ3) is 4.06. The average Bonchev–Trinajstić information content (AvgIpc) is 3.39. The van der Waals surface area contributed by atoms with E-state index in [1.165, 1.54) is 11.3 Å². The number of nitrogens with one attached hydrogen (secondary N) is 1. The largest absolute Gasteiger partial charge is 0.355 e. The Bertz CT molecular complexity index is 1030. The zero-order chi connectivity index (χ0) is 18.5. The SMILES string of the molecule is O=C(NCCc1csc(-c2ncccn2)n1)c1cc(-c2ccccc2)on1.